The molecule has 4 nitrogen and oxygen atoms in total. The summed E-state index contributed by atoms with van der Waals surface area (Å²) in [6, 6.07) is 6.16. The maximum Gasteiger partial charge on any atom is 0.122 e. The number of hydrogen-bond donors (Lipinski definition) is 1. The predicted octanol–water partition coefficient (Wildman–Crippen LogP) is 3.02. The number of aryl methyl sites for hydroxylation is 2. The van der Waals surface area contributed by atoms with Crippen LogP contribution in [0.25, 0.3) is 0 Å². The molecule has 0 fully saturated rings. The molecule has 2 rings (SSSR count). The number of benzene rings is 1. The van der Waals surface area contributed by atoms with Crippen molar-refractivity contribution < 1.29 is 14.6 Å². The van der Waals surface area contributed by atoms with Crippen LogP contribution in [-0.4, -0.2) is 23.8 Å². The highest BCUT2D eigenvalue weighted by Gasteiger charge is 2.10. The van der Waals surface area contributed by atoms with Crippen molar-refractivity contribution in [2.45, 2.75) is 33.5 Å². The highest BCUT2D eigenvalue weighted by molar-refractivity contribution is 7.11. The minimum atomic E-state index is 0.00822. The zero-order valence-corrected chi connectivity index (χ0v) is 13.5. The second-order valence-electron chi connectivity index (χ2n) is 4.94. The van der Waals surface area contributed by atoms with Gasteiger partial charge in [0.2, 0.25) is 0 Å². The van der Waals surface area contributed by atoms with Gasteiger partial charge in [0.05, 0.1) is 35.4 Å². The van der Waals surface area contributed by atoms with E-state index in [0.717, 1.165) is 33.3 Å². The fraction of sp³-hybridized carbons (Fsp3) is 0.438. The quantitative estimate of drug-likeness (QED) is 0.854. The van der Waals surface area contributed by atoms with Crippen molar-refractivity contribution in [2.75, 3.05) is 13.7 Å². The molecular formula is C16H21NO3S. The van der Waals surface area contributed by atoms with Crippen LogP contribution in [-0.2, 0) is 24.4 Å². The van der Waals surface area contributed by atoms with Crippen LogP contribution < -0.4 is 4.74 Å². The first kappa shape index (κ1) is 15.9. The van der Waals surface area contributed by atoms with Crippen LogP contribution in [0.5, 0.6) is 5.75 Å². The number of hydrogen-bond acceptors (Lipinski definition) is 5. The molecule has 1 aromatic heterocycles. The van der Waals surface area contributed by atoms with E-state index in [2.05, 4.69) is 18.0 Å². The molecule has 0 saturated carbocycles. The standard InChI is InChI=1S/C16H21NO3S/c1-11-4-5-14(12(2)8-11)20-7-6-16-17-13(10-19-3)15(9-18)21-16/h4-5,8,18H,6-7,9-10H2,1-3H3. The summed E-state index contributed by atoms with van der Waals surface area (Å²) in [6.45, 7) is 5.14. The first-order valence-corrected chi connectivity index (χ1v) is 7.73. The van der Waals surface area contributed by atoms with Crippen LogP contribution in [0.2, 0.25) is 0 Å². The SMILES string of the molecule is COCc1nc(CCOc2ccc(C)cc2C)sc1CO. The molecule has 114 valence electrons. The third kappa shape index (κ3) is 4.27. The van der Waals surface area contributed by atoms with Crippen LogP contribution in [0.15, 0.2) is 18.2 Å². The monoisotopic (exact) mass is 307 g/mol. The average molecular weight is 307 g/mol. The van der Waals surface area contributed by atoms with Crippen LogP contribution in [0.1, 0.15) is 26.7 Å². The van der Waals surface area contributed by atoms with E-state index in [0.29, 0.717) is 13.2 Å². The van der Waals surface area contributed by atoms with E-state index in [1.807, 2.05) is 19.1 Å². The molecule has 0 saturated heterocycles. The Morgan fingerprint density at radius 1 is 1.29 bits per heavy atom. The zero-order valence-electron chi connectivity index (χ0n) is 12.7. The second-order valence-corrected chi connectivity index (χ2v) is 6.10. The molecule has 0 radical (unpaired) electrons. The maximum atomic E-state index is 9.31. The van der Waals surface area contributed by atoms with E-state index in [9.17, 15) is 5.11 Å². The Labute approximate surface area is 129 Å². The molecular weight excluding hydrogens is 286 g/mol. The van der Waals surface area contributed by atoms with Crippen LogP contribution in [0.4, 0.5) is 0 Å². The molecule has 1 heterocycles. The summed E-state index contributed by atoms with van der Waals surface area (Å²) < 4.78 is 10.9. The molecule has 0 aliphatic carbocycles. The van der Waals surface area contributed by atoms with Crippen molar-refractivity contribution in [2.24, 2.45) is 0 Å². The summed E-state index contributed by atoms with van der Waals surface area (Å²) in [4.78, 5) is 5.37. The predicted molar refractivity (Wildman–Crippen MR) is 83.9 cm³/mol. The van der Waals surface area contributed by atoms with Gasteiger partial charge < -0.3 is 14.6 Å². The number of aliphatic hydroxyl groups excluding tert-OH is 1. The fourth-order valence-corrected chi connectivity index (χ4v) is 3.04. The topological polar surface area (TPSA) is 51.6 Å². The number of rotatable bonds is 7. The number of aliphatic hydroxyl groups is 1. The minimum Gasteiger partial charge on any atom is -0.493 e. The van der Waals surface area contributed by atoms with Gasteiger partial charge in [-0.3, -0.25) is 0 Å². The molecule has 0 unspecified atom stereocenters. The smallest absolute Gasteiger partial charge is 0.122 e. The summed E-state index contributed by atoms with van der Waals surface area (Å²) in [5.41, 5.74) is 3.20. The van der Waals surface area contributed by atoms with E-state index in [1.54, 1.807) is 7.11 Å². The number of aromatic nitrogens is 1. The molecule has 0 bridgehead atoms. The van der Waals surface area contributed by atoms with E-state index in [1.165, 1.54) is 16.9 Å². The summed E-state index contributed by atoms with van der Waals surface area (Å²) in [6.07, 6.45) is 0.731. The third-order valence-electron chi connectivity index (χ3n) is 3.15. The first-order chi connectivity index (χ1) is 10.1. The average Bonchev–Trinajstić information content (AvgIpc) is 2.84. The second kappa shape index (κ2) is 7.54. The number of ether oxygens (including phenoxy) is 2. The van der Waals surface area contributed by atoms with Gasteiger partial charge in [-0.2, -0.15) is 0 Å². The molecule has 5 heteroatoms. The van der Waals surface area contributed by atoms with Crippen molar-refractivity contribution >= 4 is 11.3 Å². The van der Waals surface area contributed by atoms with E-state index in [4.69, 9.17) is 9.47 Å². The van der Waals surface area contributed by atoms with Gasteiger partial charge in [-0.15, -0.1) is 11.3 Å². The van der Waals surface area contributed by atoms with Gasteiger partial charge in [0.25, 0.3) is 0 Å². The Kier molecular flexibility index (Phi) is 5.73. The lowest BCUT2D eigenvalue weighted by atomic mass is 10.1. The molecule has 0 amide bonds. The molecule has 1 N–H and O–H groups in total. The Morgan fingerprint density at radius 3 is 2.76 bits per heavy atom. The lowest BCUT2D eigenvalue weighted by Crippen LogP contribution is -2.02. The van der Waals surface area contributed by atoms with Crippen LogP contribution in [0, 0.1) is 13.8 Å². The molecule has 0 aliphatic heterocycles. The summed E-state index contributed by atoms with van der Waals surface area (Å²) in [5.74, 6) is 0.914. The maximum absolute atomic E-state index is 9.31. The largest absolute Gasteiger partial charge is 0.493 e. The third-order valence-corrected chi connectivity index (χ3v) is 4.29. The van der Waals surface area contributed by atoms with Gasteiger partial charge >= 0.3 is 0 Å². The zero-order chi connectivity index (χ0) is 15.2. The number of nitrogens with zero attached hydrogens (tertiary/aromatic N) is 1. The van der Waals surface area contributed by atoms with E-state index >= 15 is 0 Å². The molecule has 0 aliphatic rings. The van der Waals surface area contributed by atoms with Gasteiger partial charge in [-0.1, -0.05) is 17.7 Å². The Hall–Kier alpha value is -1.43. The Balaban J connectivity index is 1.94. The van der Waals surface area contributed by atoms with Crippen molar-refractivity contribution in [3.63, 3.8) is 0 Å². The Bertz CT molecular complexity index is 595. The molecule has 1 aromatic carbocycles. The van der Waals surface area contributed by atoms with E-state index in [-0.39, 0.29) is 6.61 Å². The summed E-state index contributed by atoms with van der Waals surface area (Å²) >= 11 is 1.52. The lowest BCUT2D eigenvalue weighted by Gasteiger charge is -2.08. The van der Waals surface area contributed by atoms with Crippen molar-refractivity contribution in [1.29, 1.82) is 0 Å². The van der Waals surface area contributed by atoms with E-state index < -0.39 is 0 Å². The van der Waals surface area contributed by atoms with Gasteiger partial charge in [-0.05, 0) is 25.5 Å². The molecule has 0 atom stereocenters. The highest BCUT2D eigenvalue weighted by atomic mass is 32.1. The van der Waals surface area contributed by atoms with Crippen LogP contribution in [0.3, 0.4) is 0 Å². The lowest BCUT2D eigenvalue weighted by molar-refractivity contribution is 0.178. The van der Waals surface area contributed by atoms with Crippen molar-refractivity contribution in [3.8, 4) is 5.75 Å². The molecule has 2 aromatic rings. The number of thiazole rings is 1. The van der Waals surface area contributed by atoms with Gasteiger partial charge in [-0.25, -0.2) is 4.98 Å². The summed E-state index contributed by atoms with van der Waals surface area (Å²) in [5, 5.41) is 10.3. The number of methoxy groups -OCH3 is 1. The van der Waals surface area contributed by atoms with Gasteiger partial charge in [0.1, 0.15) is 5.75 Å². The molecule has 0 spiro atoms. The van der Waals surface area contributed by atoms with Crippen molar-refractivity contribution in [1.82, 2.24) is 4.98 Å². The normalized spacial score (nSPS) is 10.9. The fourth-order valence-electron chi connectivity index (χ4n) is 2.13. The molecule has 21 heavy (non-hydrogen) atoms. The van der Waals surface area contributed by atoms with Crippen molar-refractivity contribution in [3.05, 3.63) is 44.9 Å². The van der Waals surface area contributed by atoms with Gasteiger partial charge in [0.15, 0.2) is 0 Å². The minimum absolute atomic E-state index is 0.00822. The Morgan fingerprint density at radius 2 is 2.10 bits per heavy atom. The first-order valence-electron chi connectivity index (χ1n) is 6.91. The highest BCUT2D eigenvalue weighted by Crippen LogP contribution is 2.22. The van der Waals surface area contributed by atoms with Gasteiger partial charge in [0, 0.05) is 13.5 Å². The van der Waals surface area contributed by atoms with Crippen LogP contribution >= 0.6 is 11.3 Å². The summed E-state index contributed by atoms with van der Waals surface area (Å²) in [7, 11) is 1.63.